The molecule has 5 rings (SSSR count). The summed E-state index contributed by atoms with van der Waals surface area (Å²) in [6, 6.07) is 20.1. The number of benzene rings is 3. The Balaban J connectivity index is 1.48. The van der Waals surface area contributed by atoms with Crippen LogP contribution in [-0.2, 0) is 9.84 Å². The third-order valence-corrected chi connectivity index (χ3v) is 7.93. The van der Waals surface area contributed by atoms with Crippen molar-refractivity contribution in [1.29, 1.82) is 0 Å². The molecule has 0 N–H and O–H groups in total. The minimum absolute atomic E-state index is 0.133. The van der Waals surface area contributed by atoms with Crippen molar-refractivity contribution >= 4 is 21.4 Å². The predicted molar refractivity (Wildman–Crippen MR) is 136 cm³/mol. The average molecular weight is 508 g/mol. The number of hydrogen-bond donors (Lipinski definition) is 0. The third-order valence-electron chi connectivity index (χ3n) is 6.26. The van der Waals surface area contributed by atoms with Gasteiger partial charge in [-0.05, 0) is 67.6 Å². The summed E-state index contributed by atoms with van der Waals surface area (Å²) in [6.07, 6.45) is 0. The molecule has 2 heterocycles. The normalized spacial score (nSPS) is 14.2. The lowest BCUT2D eigenvalue weighted by molar-refractivity contribution is 0.415. The molecule has 7 nitrogen and oxygen atoms in total. The first-order valence-corrected chi connectivity index (χ1v) is 13.1. The average Bonchev–Trinajstić information content (AvgIpc) is 3.36. The van der Waals surface area contributed by atoms with Crippen molar-refractivity contribution in [3.63, 3.8) is 0 Å². The summed E-state index contributed by atoms with van der Waals surface area (Å²) < 4.78 is 52.0. The molecule has 1 fully saturated rings. The van der Waals surface area contributed by atoms with E-state index in [-0.39, 0.29) is 21.7 Å². The van der Waals surface area contributed by atoms with Gasteiger partial charge in [-0.1, -0.05) is 17.7 Å². The van der Waals surface area contributed by atoms with Crippen LogP contribution in [0.2, 0.25) is 0 Å². The maximum absolute atomic E-state index is 13.6. The van der Waals surface area contributed by atoms with Crippen LogP contribution in [0.3, 0.4) is 0 Å². The van der Waals surface area contributed by atoms with E-state index in [1.807, 2.05) is 36.1 Å². The first kappa shape index (κ1) is 23.9. The Labute approximate surface area is 209 Å². The van der Waals surface area contributed by atoms with Crippen molar-refractivity contribution in [1.82, 2.24) is 4.98 Å². The monoisotopic (exact) mass is 507 g/mol. The number of hydrogen-bond acceptors (Lipinski definition) is 7. The lowest BCUT2D eigenvalue weighted by Gasteiger charge is -2.36. The molecule has 1 aliphatic rings. The fourth-order valence-corrected chi connectivity index (χ4v) is 5.50. The van der Waals surface area contributed by atoms with Crippen LogP contribution < -0.4 is 14.5 Å². The summed E-state index contributed by atoms with van der Waals surface area (Å²) in [6.45, 7) is 4.32. The number of halogens is 1. The van der Waals surface area contributed by atoms with Crippen LogP contribution in [0.1, 0.15) is 5.56 Å². The Morgan fingerprint density at radius 2 is 1.47 bits per heavy atom. The number of piperazine rings is 1. The molecule has 0 aliphatic carbocycles. The van der Waals surface area contributed by atoms with Gasteiger partial charge in [0.15, 0.2) is 0 Å². The number of aromatic nitrogens is 1. The zero-order valence-electron chi connectivity index (χ0n) is 20.0. The molecule has 3 aromatic carbocycles. The van der Waals surface area contributed by atoms with Gasteiger partial charge >= 0.3 is 0 Å². The maximum atomic E-state index is 13.6. The van der Waals surface area contributed by atoms with Gasteiger partial charge in [0.05, 0.1) is 12.0 Å². The molecule has 1 saturated heterocycles. The smallest absolute Gasteiger partial charge is 0.236 e. The van der Waals surface area contributed by atoms with Gasteiger partial charge in [0, 0.05) is 37.4 Å². The zero-order chi connectivity index (χ0) is 25.3. The molecule has 36 heavy (non-hydrogen) atoms. The van der Waals surface area contributed by atoms with Gasteiger partial charge in [0.1, 0.15) is 11.6 Å². The summed E-state index contributed by atoms with van der Waals surface area (Å²) in [4.78, 5) is 8.68. The fourth-order valence-electron chi connectivity index (χ4n) is 4.18. The molecule has 0 spiro atoms. The van der Waals surface area contributed by atoms with Gasteiger partial charge in [0.2, 0.25) is 26.6 Å². The zero-order valence-corrected chi connectivity index (χ0v) is 20.8. The molecular formula is C27H26FN3O4S. The molecule has 1 aromatic heterocycles. The van der Waals surface area contributed by atoms with E-state index in [0.717, 1.165) is 17.0 Å². The molecule has 0 bridgehead atoms. The van der Waals surface area contributed by atoms with E-state index in [0.29, 0.717) is 31.7 Å². The summed E-state index contributed by atoms with van der Waals surface area (Å²) in [5.74, 6) is 0.726. The van der Waals surface area contributed by atoms with E-state index in [1.165, 1.54) is 24.3 Å². The van der Waals surface area contributed by atoms with Crippen LogP contribution in [0, 0.1) is 12.7 Å². The van der Waals surface area contributed by atoms with Gasteiger partial charge < -0.3 is 19.0 Å². The predicted octanol–water partition coefficient (Wildman–Crippen LogP) is 4.96. The lowest BCUT2D eigenvalue weighted by Crippen LogP contribution is -2.46. The van der Waals surface area contributed by atoms with Crippen LogP contribution >= 0.6 is 0 Å². The highest BCUT2D eigenvalue weighted by Crippen LogP contribution is 2.35. The summed E-state index contributed by atoms with van der Waals surface area (Å²) >= 11 is 0. The Hall–Kier alpha value is -3.85. The number of ether oxygens (including phenoxy) is 1. The van der Waals surface area contributed by atoms with E-state index >= 15 is 0 Å². The molecule has 0 atom stereocenters. The van der Waals surface area contributed by atoms with Crippen LogP contribution in [0.25, 0.3) is 11.5 Å². The van der Waals surface area contributed by atoms with Crippen molar-refractivity contribution in [2.45, 2.75) is 16.8 Å². The molecule has 9 heteroatoms. The van der Waals surface area contributed by atoms with E-state index in [1.54, 1.807) is 31.4 Å². The Morgan fingerprint density at radius 1 is 0.861 bits per heavy atom. The second kappa shape index (κ2) is 9.66. The SMILES string of the molecule is COc1ccc(N2CCN(c3oc(-c4ccc(F)cc4)nc3S(=O)(=O)c3ccc(C)cc3)CC2)cc1. The second-order valence-electron chi connectivity index (χ2n) is 8.62. The molecule has 186 valence electrons. The van der Waals surface area contributed by atoms with E-state index < -0.39 is 15.7 Å². The van der Waals surface area contributed by atoms with E-state index in [4.69, 9.17) is 9.15 Å². The maximum Gasteiger partial charge on any atom is 0.236 e. The summed E-state index contributed by atoms with van der Waals surface area (Å²) in [5.41, 5.74) is 2.52. The molecule has 0 amide bonds. The number of anilines is 2. The molecule has 4 aromatic rings. The van der Waals surface area contributed by atoms with Gasteiger partial charge in [-0.15, -0.1) is 0 Å². The molecule has 0 unspecified atom stereocenters. The van der Waals surface area contributed by atoms with Crippen molar-refractivity contribution in [2.75, 3.05) is 43.1 Å². The van der Waals surface area contributed by atoms with Gasteiger partial charge in [-0.2, -0.15) is 4.98 Å². The van der Waals surface area contributed by atoms with Crippen LogP contribution in [0.4, 0.5) is 16.0 Å². The number of nitrogens with zero attached hydrogens (tertiary/aromatic N) is 3. The van der Waals surface area contributed by atoms with Crippen molar-refractivity contribution in [2.24, 2.45) is 0 Å². The largest absolute Gasteiger partial charge is 0.497 e. The number of oxazole rings is 1. The van der Waals surface area contributed by atoms with Crippen molar-refractivity contribution < 1.29 is 22.0 Å². The molecule has 0 radical (unpaired) electrons. The molecule has 1 aliphatic heterocycles. The number of methoxy groups -OCH3 is 1. The third kappa shape index (κ3) is 4.66. The van der Waals surface area contributed by atoms with Crippen molar-refractivity contribution in [3.05, 3.63) is 84.2 Å². The van der Waals surface area contributed by atoms with Crippen LogP contribution in [0.15, 0.2) is 87.1 Å². The number of sulfone groups is 1. The highest BCUT2D eigenvalue weighted by molar-refractivity contribution is 7.91. The highest BCUT2D eigenvalue weighted by Gasteiger charge is 2.33. The van der Waals surface area contributed by atoms with Crippen LogP contribution in [0.5, 0.6) is 5.75 Å². The minimum atomic E-state index is -3.95. The fraction of sp³-hybridized carbons (Fsp3) is 0.222. The van der Waals surface area contributed by atoms with E-state index in [9.17, 15) is 12.8 Å². The number of rotatable bonds is 6. The standard InChI is InChI=1S/C27H26FN3O4S/c1-19-3-13-24(14-4-19)36(32,33)26-27(35-25(29-26)20-5-7-21(28)8-6-20)31-17-15-30(16-18-31)22-9-11-23(34-2)12-10-22/h3-14H,15-18H2,1-2H3. The quantitative estimate of drug-likeness (QED) is 0.365. The Bertz CT molecular complexity index is 1440. The Kier molecular flexibility index (Phi) is 6.40. The summed E-state index contributed by atoms with van der Waals surface area (Å²) in [7, 11) is -2.32. The Morgan fingerprint density at radius 3 is 2.08 bits per heavy atom. The van der Waals surface area contributed by atoms with Gasteiger partial charge in [0.25, 0.3) is 0 Å². The first-order chi connectivity index (χ1) is 17.3. The van der Waals surface area contributed by atoms with E-state index in [2.05, 4.69) is 9.88 Å². The minimum Gasteiger partial charge on any atom is -0.497 e. The van der Waals surface area contributed by atoms with Gasteiger partial charge in [-0.3, -0.25) is 0 Å². The van der Waals surface area contributed by atoms with Crippen LogP contribution in [-0.4, -0.2) is 46.7 Å². The molecular weight excluding hydrogens is 481 g/mol. The summed E-state index contributed by atoms with van der Waals surface area (Å²) in [5, 5.41) is -0.136. The topological polar surface area (TPSA) is 75.9 Å². The number of aryl methyl sites for hydroxylation is 1. The van der Waals surface area contributed by atoms with Crippen molar-refractivity contribution in [3.8, 4) is 17.2 Å². The first-order valence-electron chi connectivity index (χ1n) is 11.6. The molecule has 0 saturated carbocycles. The highest BCUT2D eigenvalue weighted by atomic mass is 32.2. The van der Waals surface area contributed by atoms with Gasteiger partial charge in [-0.25, -0.2) is 12.8 Å². The second-order valence-corrected chi connectivity index (χ2v) is 10.5. The lowest BCUT2D eigenvalue weighted by atomic mass is 10.2.